The van der Waals surface area contributed by atoms with Gasteiger partial charge in [-0.05, 0) is 53.5 Å². The summed E-state index contributed by atoms with van der Waals surface area (Å²) in [7, 11) is 0. The number of hydrogen-bond acceptors (Lipinski definition) is 5. The molecule has 1 saturated carbocycles. The largest absolute Gasteiger partial charge is 0.481 e. The minimum absolute atomic E-state index is 0.183. The standard InChI is InChI=1S/C18H18O5S/c19-15-5-6-16(14(15)9-11-7-8-24-10-11)23-18(22)13-4-2-1-3-12(13)17(20)21/h5-10,12-13,16H,1-4H2,(H,20,21)/b14-9+. The first-order valence-corrected chi connectivity index (χ1v) is 8.90. The highest BCUT2D eigenvalue weighted by molar-refractivity contribution is 7.08. The summed E-state index contributed by atoms with van der Waals surface area (Å²) in [4.78, 5) is 35.8. The topological polar surface area (TPSA) is 80.7 Å². The van der Waals surface area contributed by atoms with Gasteiger partial charge in [-0.25, -0.2) is 0 Å². The maximum absolute atomic E-state index is 12.5. The Morgan fingerprint density at radius 3 is 2.67 bits per heavy atom. The summed E-state index contributed by atoms with van der Waals surface area (Å²) in [6, 6.07) is 1.88. The van der Waals surface area contributed by atoms with Crippen molar-refractivity contribution in [1.29, 1.82) is 0 Å². The molecule has 24 heavy (non-hydrogen) atoms. The monoisotopic (exact) mass is 346 g/mol. The molecule has 0 spiro atoms. The van der Waals surface area contributed by atoms with Gasteiger partial charge in [-0.3, -0.25) is 14.4 Å². The molecule has 3 atom stereocenters. The Morgan fingerprint density at radius 2 is 2.00 bits per heavy atom. The van der Waals surface area contributed by atoms with Crippen LogP contribution < -0.4 is 0 Å². The average molecular weight is 346 g/mol. The zero-order chi connectivity index (χ0) is 17.1. The average Bonchev–Trinajstić information content (AvgIpc) is 3.20. The van der Waals surface area contributed by atoms with Crippen LogP contribution in [0, 0.1) is 11.8 Å². The van der Waals surface area contributed by atoms with Crippen molar-refractivity contribution in [2.75, 3.05) is 0 Å². The minimum Gasteiger partial charge on any atom is -0.481 e. The Labute approximate surface area is 143 Å². The third-order valence-corrected chi connectivity index (χ3v) is 5.21. The van der Waals surface area contributed by atoms with E-state index in [4.69, 9.17) is 4.74 Å². The van der Waals surface area contributed by atoms with Crippen LogP contribution in [0.15, 0.2) is 34.6 Å². The van der Waals surface area contributed by atoms with Gasteiger partial charge in [0.2, 0.25) is 0 Å². The van der Waals surface area contributed by atoms with Gasteiger partial charge in [0.25, 0.3) is 0 Å². The second kappa shape index (κ2) is 7.13. The SMILES string of the molecule is O=C1C=CC(OC(=O)C2CCCCC2C(=O)O)/C1=C/c1ccsc1. The van der Waals surface area contributed by atoms with E-state index in [1.165, 1.54) is 17.4 Å². The maximum atomic E-state index is 12.5. The van der Waals surface area contributed by atoms with E-state index in [1.807, 2.05) is 16.8 Å². The fourth-order valence-electron chi connectivity index (χ4n) is 3.23. The van der Waals surface area contributed by atoms with Crippen molar-refractivity contribution in [2.24, 2.45) is 11.8 Å². The highest BCUT2D eigenvalue weighted by Crippen LogP contribution is 2.32. The lowest BCUT2D eigenvalue weighted by atomic mass is 9.79. The Kier molecular flexibility index (Phi) is 4.94. The molecule has 3 unspecified atom stereocenters. The van der Waals surface area contributed by atoms with Gasteiger partial charge in [-0.15, -0.1) is 0 Å². The fraction of sp³-hybridized carbons (Fsp3) is 0.389. The summed E-state index contributed by atoms with van der Waals surface area (Å²) in [5.74, 6) is -3.00. The van der Waals surface area contributed by atoms with Crippen LogP contribution in [0.3, 0.4) is 0 Å². The Bertz CT molecular complexity index is 701. The van der Waals surface area contributed by atoms with Crippen LogP contribution in [0.1, 0.15) is 31.2 Å². The third kappa shape index (κ3) is 3.48. The lowest BCUT2D eigenvalue weighted by Gasteiger charge is -2.27. The van der Waals surface area contributed by atoms with E-state index in [-0.39, 0.29) is 5.78 Å². The van der Waals surface area contributed by atoms with E-state index in [0.717, 1.165) is 18.4 Å². The molecule has 6 heteroatoms. The van der Waals surface area contributed by atoms with Crippen molar-refractivity contribution in [2.45, 2.75) is 31.8 Å². The zero-order valence-corrected chi connectivity index (χ0v) is 13.8. The second-order valence-electron chi connectivity index (χ2n) is 6.07. The van der Waals surface area contributed by atoms with Gasteiger partial charge in [0.1, 0.15) is 6.10 Å². The van der Waals surface area contributed by atoms with E-state index in [9.17, 15) is 19.5 Å². The van der Waals surface area contributed by atoms with Gasteiger partial charge >= 0.3 is 11.9 Å². The molecule has 1 N–H and O–H groups in total. The number of carbonyl (C=O) groups is 3. The number of rotatable bonds is 4. The molecule has 2 aliphatic rings. The summed E-state index contributed by atoms with van der Waals surface area (Å²) in [5.41, 5.74) is 1.29. The maximum Gasteiger partial charge on any atom is 0.310 e. The molecule has 1 fully saturated rings. The smallest absolute Gasteiger partial charge is 0.310 e. The number of carbonyl (C=O) groups excluding carboxylic acids is 2. The van der Waals surface area contributed by atoms with Gasteiger partial charge in [-0.1, -0.05) is 12.8 Å². The third-order valence-electron chi connectivity index (χ3n) is 4.51. The van der Waals surface area contributed by atoms with Crippen molar-refractivity contribution < 1.29 is 24.2 Å². The van der Waals surface area contributed by atoms with Crippen LogP contribution in [-0.4, -0.2) is 28.9 Å². The molecule has 0 bridgehead atoms. The van der Waals surface area contributed by atoms with E-state index >= 15 is 0 Å². The molecule has 0 amide bonds. The Balaban J connectivity index is 1.74. The van der Waals surface area contributed by atoms with Crippen molar-refractivity contribution in [3.8, 4) is 0 Å². The number of ether oxygens (including phenoxy) is 1. The summed E-state index contributed by atoms with van der Waals surface area (Å²) in [6.45, 7) is 0. The number of thiophene rings is 1. The van der Waals surface area contributed by atoms with Crippen LogP contribution in [0.5, 0.6) is 0 Å². The molecule has 1 aromatic rings. The Hall–Kier alpha value is -2.21. The highest BCUT2D eigenvalue weighted by Gasteiger charge is 2.38. The summed E-state index contributed by atoms with van der Waals surface area (Å²) in [5, 5.41) is 13.1. The van der Waals surface area contributed by atoms with Crippen LogP contribution >= 0.6 is 11.3 Å². The number of allylic oxidation sites excluding steroid dienone is 1. The quantitative estimate of drug-likeness (QED) is 0.669. The molecule has 3 rings (SSSR count). The number of aliphatic carboxylic acids is 1. The molecule has 1 aromatic heterocycles. The summed E-state index contributed by atoms with van der Waals surface area (Å²) in [6.07, 6.45) is 6.57. The predicted octanol–water partition coefficient (Wildman–Crippen LogP) is 3.07. The molecular weight excluding hydrogens is 328 g/mol. The van der Waals surface area contributed by atoms with Crippen molar-refractivity contribution in [1.82, 2.24) is 0 Å². The van der Waals surface area contributed by atoms with Crippen LogP contribution in [-0.2, 0) is 19.1 Å². The van der Waals surface area contributed by atoms with Gasteiger partial charge in [0.15, 0.2) is 5.78 Å². The normalized spacial score (nSPS) is 28.2. The van der Waals surface area contributed by atoms with E-state index in [1.54, 1.807) is 12.2 Å². The second-order valence-corrected chi connectivity index (χ2v) is 6.85. The highest BCUT2D eigenvalue weighted by atomic mass is 32.1. The Morgan fingerprint density at radius 1 is 1.25 bits per heavy atom. The molecule has 2 aliphatic carbocycles. The first-order valence-electron chi connectivity index (χ1n) is 7.96. The molecule has 0 radical (unpaired) electrons. The number of carboxylic acid groups (broad SMARTS) is 1. The van der Waals surface area contributed by atoms with Gasteiger partial charge in [0.05, 0.1) is 11.8 Å². The van der Waals surface area contributed by atoms with Crippen LogP contribution in [0.2, 0.25) is 0 Å². The van der Waals surface area contributed by atoms with Gasteiger partial charge < -0.3 is 9.84 Å². The van der Waals surface area contributed by atoms with Gasteiger partial charge in [0, 0.05) is 5.57 Å². The fourth-order valence-corrected chi connectivity index (χ4v) is 3.85. The number of ketones is 1. The minimum atomic E-state index is -0.955. The molecule has 5 nitrogen and oxygen atoms in total. The molecule has 0 saturated heterocycles. The lowest BCUT2D eigenvalue weighted by Crippen LogP contribution is -2.35. The van der Waals surface area contributed by atoms with Crippen molar-refractivity contribution in [3.63, 3.8) is 0 Å². The molecule has 0 aromatic carbocycles. The van der Waals surface area contributed by atoms with Crippen molar-refractivity contribution >= 4 is 35.1 Å². The zero-order valence-electron chi connectivity index (χ0n) is 13.0. The number of hydrogen-bond donors (Lipinski definition) is 1. The predicted molar refractivity (Wildman–Crippen MR) is 89.4 cm³/mol. The summed E-state index contributed by atoms with van der Waals surface area (Å²) >= 11 is 1.52. The first kappa shape index (κ1) is 16.6. The van der Waals surface area contributed by atoms with Crippen molar-refractivity contribution in [3.05, 3.63) is 40.1 Å². The van der Waals surface area contributed by atoms with Crippen LogP contribution in [0.25, 0.3) is 6.08 Å². The van der Waals surface area contributed by atoms with E-state index < -0.39 is 29.9 Å². The lowest BCUT2D eigenvalue weighted by molar-refractivity contribution is -0.161. The first-order chi connectivity index (χ1) is 11.6. The number of carboxylic acids is 1. The number of esters is 1. The molecule has 1 heterocycles. The molecule has 0 aliphatic heterocycles. The van der Waals surface area contributed by atoms with E-state index in [2.05, 4.69) is 0 Å². The summed E-state index contributed by atoms with van der Waals surface area (Å²) < 4.78 is 5.49. The molecular formula is C18H18O5S. The molecule has 126 valence electrons. The van der Waals surface area contributed by atoms with Gasteiger partial charge in [-0.2, -0.15) is 11.3 Å². The van der Waals surface area contributed by atoms with Crippen LogP contribution in [0.4, 0.5) is 0 Å². The van der Waals surface area contributed by atoms with E-state index in [0.29, 0.717) is 18.4 Å².